The number of methoxy groups -OCH3 is 2. The van der Waals surface area contributed by atoms with Gasteiger partial charge in [-0.15, -0.1) is 0 Å². The first-order valence-corrected chi connectivity index (χ1v) is 9.16. The van der Waals surface area contributed by atoms with Gasteiger partial charge >= 0.3 is 0 Å². The third kappa shape index (κ3) is 6.89. The highest BCUT2D eigenvalue weighted by Crippen LogP contribution is 2.14. The van der Waals surface area contributed by atoms with Gasteiger partial charge in [-0.1, -0.05) is 42.5 Å². The van der Waals surface area contributed by atoms with Crippen LogP contribution < -0.4 is 4.74 Å². The maximum atomic E-state index is 12.7. The molecule has 0 fully saturated rings. The monoisotopic (exact) mass is 355 g/mol. The third-order valence-corrected chi connectivity index (χ3v) is 4.42. The largest absolute Gasteiger partial charge is 0.497 e. The number of aryl methyl sites for hydroxylation is 2. The van der Waals surface area contributed by atoms with E-state index in [4.69, 9.17) is 9.47 Å². The van der Waals surface area contributed by atoms with Gasteiger partial charge in [0.15, 0.2) is 0 Å². The second-order valence-corrected chi connectivity index (χ2v) is 6.31. The molecule has 0 heterocycles. The van der Waals surface area contributed by atoms with Crippen molar-refractivity contribution in [1.29, 1.82) is 0 Å². The first-order valence-electron chi connectivity index (χ1n) is 9.16. The molecule has 0 aliphatic rings. The van der Waals surface area contributed by atoms with Crippen LogP contribution in [0.4, 0.5) is 0 Å². The van der Waals surface area contributed by atoms with Crippen molar-refractivity contribution in [3.05, 3.63) is 65.7 Å². The number of nitrogens with zero attached hydrogens (tertiary/aromatic N) is 1. The lowest BCUT2D eigenvalue weighted by Crippen LogP contribution is -2.35. The lowest BCUT2D eigenvalue weighted by molar-refractivity contribution is -0.131. The van der Waals surface area contributed by atoms with Crippen molar-refractivity contribution in [2.75, 3.05) is 33.9 Å². The molecule has 1 amide bonds. The molecule has 26 heavy (non-hydrogen) atoms. The van der Waals surface area contributed by atoms with Gasteiger partial charge in [0.05, 0.1) is 13.7 Å². The van der Waals surface area contributed by atoms with Crippen LogP contribution in [0.25, 0.3) is 0 Å². The minimum absolute atomic E-state index is 0.179. The number of carbonyl (C=O) groups is 1. The minimum atomic E-state index is 0.179. The number of benzene rings is 2. The summed E-state index contributed by atoms with van der Waals surface area (Å²) in [5, 5.41) is 0. The van der Waals surface area contributed by atoms with E-state index < -0.39 is 0 Å². The summed E-state index contributed by atoms with van der Waals surface area (Å²) in [6.07, 6.45) is 3.16. The van der Waals surface area contributed by atoms with Gasteiger partial charge < -0.3 is 14.4 Å². The molecule has 0 aromatic heterocycles. The Hall–Kier alpha value is -2.33. The van der Waals surface area contributed by atoms with Crippen LogP contribution in [0.5, 0.6) is 5.75 Å². The topological polar surface area (TPSA) is 38.8 Å². The van der Waals surface area contributed by atoms with Crippen LogP contribution in [-0.4, -0.2) is 44.7 Å². The number of hydrogen-bond acceptors (Lipinski definition) is 3. The Labute approximate surface area is 156 Å². The van der Waals surface area contributed by atoms with Gasteiger partial charge in [0.25, 0.3) is 0 Å². The molecular weight excluding hydrogens is 326 g/mol. The molecule has 4 nitrogen and oxygen atoms in total. The normalized spacial score (nSPS) is 10.5. The van der Waals surface area contributed by atoms with Crippen molar-refractivity contribution in [3.63, 3.8) is 0 Å². The summed E-state index contributed by atoms with van der Waals surface area (Å²) in [6.45, 7) is 1.97. The van der Waals surface area contributed by atoms with Crippen molar-refractivity contribution in [3.8, 4) is 5.75 Å². The van der Waals surface area contributed by atoms with E-state index >= 15 is 0 Å². The van der Waals surface area contributed by atoms with Crippen LogP contribution in [0, 0.1) is 0 Å². The Balaban J connectivity index is 1.84. The van der Waals surface area contributed by atoms with Gasteiger partial charge in [-0.2, -0.15) is 0 Å². The standard InChI is InChI=1S/C22H29NO3/c1-25-17-16-23(15-7-11-19-8-4-3-5-9-19)22(24)14-13-20-10-6-12-21(18-20)26-2/h3-6,8-10,12,18H,7,11,13-17H2,1-2H3. The molecule has 0 saturated heterocycles. The molecule has 0 saturated carbocycles. The summed E-state index contributed by atoms with van der Waals surface area (Å²) in [7, 11) is 3.33. The first kappa shape index (κ1) is 20.0. The fraction of sp³-hybridized carbons (Fsp3) is 0.409. The van der Waals surface area contributed by atoms with Gasteiger partial charge in [-0.25, -0.2) is 0 Å². The van der Waals surface area contributed by atoms with Gasteiger partial charge in [-0.05, 0) is 42.5 Å². The zero-order valence-electron chi connectivity index (χ0n) is 15.8. The van der Waals surface area contributed by atoms with Gasteiger partial charge in [0, 0.05) is 26.6 Å². The smallest absolute Gasteiger partial charge is 0.222 e. The van der Waals surface area contributed by atoms with Crippen LogP contribution >= 0.6 is 0 Å². The molecule has 0 aliphatic heterocycles. The highest BCUT2D eigenvalue weighted by Gasteiger charge is 2.13. The molecule has 140 valence electrons. The maximum absolute atomic E-state index is 12.7. The molecule has 0 N–H and O–H groups in total. The average Bonchev–Trinajstić information content (AvgIpc) is 2.69. The second kappa shape index (κ2) is 11.3. The zero-order valence-corrected chi connectivity index (χ0v) is 15.8. The maximum Gasteiger partial charge on any atom is 0.222 e. The van der Waals surface area contributed by atoms with Crippen molar-refractivity contribution in [2.24, 2.45) is 0 Å². The molecule has 0 atom stereocenters. The van der Waals surface area contributed by atoms with Gasteiger partial charge in [-0.3, -0.25) is 4.79 Å². The fourth-order valence-corrected chi connectivity index (χ4v) is 2.92. The summed E-state index contributed by atoms with van der Waals surface area (Å²) < 4.78 is 10.4. The Kier molecular flexibility index (Phi) is 8.70. The van der Waals surface area contributed by atoms with Crippen LogP contribution in [0.1, 0.15) is 24.0 Å². The number of amides is 1. The number of rotatable bonds is 11. The third-order valence-electron chi connectivity index (χ3n) is 4.42. The first-order chi connectivity index (χ1) is 12.7. The van der Waals surface area contributed by atoms with Crippen molar-refractivity contribution in [2.45, 2.75) is 25.7 Å². The highest BCUT2D eigenvalue weighted by molar-refractivity contribution is 5.76. The predicted molar refractivity (Wildman–Crippen MR) is 105 cm³/mol. The lowest BCUT2D eigenvalue weighted by Gasteiger charge is -2.22. The van der Waals surface area contributed by atoms with Crippen molar-refractivity contribution < 1.29 is 14.3 Å². The van der Waals surface area contributed by atoms with Gasteiger partial charge in [0.2, 0.25) is 5.91 Å². The van der Waals surface area contributed by atoms with Gasteiger partial charge in [0.1, 0.15) is 5.75 Å². The van der Waals surface area contributed by atoms with Crippen LogP contribution in [0.15, 0.2) is 54.6 Å². The van der Waals surface area contributed by atoms with E-state index in [0.29, 0.717) is 19.6 Å². The van der Waals surface area contributed by atoms with Crippen molar-refractivity contribution >= 4 is 5.91 Å². The van der Waals surface area contributed by atoms with E-state index in [1.165, 1.54) is 5.56 Å². The van der Waals surface area contributed by atoms with Crippen LogP contribution in [-0.2, 0) is 22.4 Å². The van der Waals surface area contributed by atoms with E-state index in [1.807, 2.05) is 35.2 Å². The Morgan fingerprint density at radius 3 is 2.42 bits per heavy atom. The fourth-order valence-electron chi connectivity index (χ4n) is 2.92. The number of carbonyl (C=O) groups excluding carboxylic acids is 1. The second-order valence-electron chi connectivity index (χ2n) is 6.31. The Bertz CT molecular complexity index is 657. The van der Waals surface area contributed by atoms with E-state index in [-0.39, 0.29) is 5.91 Å². The summed E-state index contributed by atoms with van der Waals surface area (Å²) in [6, 6.07) is 18.3. The molecule has 0 bridgehead atoms. The molecule has 2 rings (SSSR count). The summed E-state index contributed by atoms with van der Waals surface area (Å²) in [5.74, 6) is 1.01. The van der Waals surface area contributed by atoms with Crippen LogP contribution in [0.2, 0.25) is 0 Å². The zero-order chi connectivity index (χ0) is 18.6. The summed E-state index contributed by atoms with van der Waals surface area (Å²) in [4.78, 5) is 14.6. The summed E-state index contributed by atoms with van der Waals surface area (Å²) >= 11 is 0. The molecule has 0 unspecified atom stereocenters. The van der Waals surface area contributed by atoms with E-state index in [0.717, 1.165) is 37.1 Å². The highest BCUT2D eigenvalue weighted by atomic mass is 16.5. The van der Waals surface area contributed by atoms with E-state index in [1.54, 1.807) is 14.2 Å². The van der Waals surface area contributed by atoms with E-state index in [2.05, 4.69) is 24.3 Å². The van der Waals surface area contributed by atoms with Crippen molar-refractivity contribution in [1.82, 2.24) is 4.90 Å². The molecule has 0 spiro atoms. The number of ether oxygens (including phenoxy) is 2. The lowest BCUT2D eigenvalue weighted by atomic mass is 10.1. The molecule has 4 heteroatoms. The van der Waals surface area contributed by atoms with Crippen LogP contribution in [0.3, 0.4) is 0 Å². The minimum Gasteiger partial charge on any atom is -0.497 e. The SMILES string of the molecule is COCCN(CCCc1ccccc1)C(=O)CCc1cccc(OC)c1. The molecule has 2 aromatic carbocycles. The predicted octanol–water partition coefficient (Wildman–Crippen LogP) is 3.74. The molecule has 0 aliphatic carbocycles. The molecular formula is C22H29NO3. The Morgan fingerprint density at radius 1 is 0.923 bits per heavy atom. The van der Waals surface area contributed by atoms with E-state index in [9.17, 15) is 4.79 Å². The molecule has 2 aromatic rings. The molecule has 0 radical (unpaired) electrons. The quantitative estimate of drug-likeness (QED) is 0.616. The summed E-state index contributed by atoms with van der Waals surface area (Å²) in [5.41, 5.74) is 2.43. The average molecular weight is 355 g/mol. The Morgan fingerprint density at radius 2 is 1.69 bits per heavy atom. The number of hydrogen-bond donors (Lipinski definition) is 0.